The highest BCUT2D eigenvalue weighted by molar-refractivity contribution is 5.75. The zero-order valence-corrected chi connectivity index (χ0v) is 16.7. The van der Waals surface area contributed by atoms with Crippen molar-refractivity contribution in [1.29, 1.82) is 0 Å². The molecule has 0 radical (unpaired) electrons. The van der Waals surface area contributed by atoms with E-state index in [1.165, 1.54) is 28.0 Å². The van der Waals surface area contributed by atoms with Crippen LogP contribution in [0.1, 0.15) is 47.8 Å². The number of fused-ring (bicyclic) bond motifs is 3. The number of allylic oxidation sites excluding steroid dienone is 1. The number of unbranched alkanes of at least 4 members (excludes halogenated alkanes) is 1. The van der Waals surface area contributed by atoms with Gasteiger partial charge in [0.05, 0.1) is 12.2 Å². The second kappa shape index (κ2) is 8.03. The lowest BCUT2D eigenvalue weighted by Gasteiger charge is -2.04. The van der Waals surface area contributed by atoms with Crippen molar-refractivity contribution < 1.29 is 9.09 Å². The molecule has 4 rings (SSSR count). The molecule has 0 amide bonds. The third-order valence-electron chi connectivity index (χ3n) is 5.22. The second-order valence-electron chi connectivity index (χ2n) is 7.27. The summed E-state index contributed by atoms with van der Waals surface area (Å²) in [6.07, 6.45) is 13.8. The van der Waals surface area contributed by atoms with E-state index < -0.39 is 0 Å². The van der Waals surface area contributed by atoms with Gasteiger partial charge in [-0.15, -0.1) is 4.52 Å². The molecular formula is C24H28N3O+. The molecule has 0 saturated carbocycles. The maximum Gasteiger partial charge on any atom is 0.242 e. The first-order valence-corrected chi connectivity index (χ1v) is 10.1. The number of hydrogen-bond acceptors (Lipinski definition) is 2. The minimum atomic E-state index is 0.656. The summed E-state index contributed by atoms with van der Waals surface area (Å²) in [6, 6.07) is 10.5. The number of aryl methyl sites for hydroxylation is 1. The van der Waals surface area contributed by atoms with Crippen LogP contribution < -0.4 is 14.8 Å². The van der Waals surface area contributed by atoms with Crippen molar-refractivity contribution in [3.63, 3.8) is 0 Å². The van der Waals surface area contributed by atoms with Crippen molar-refractivity contribution in [3.05, 3.63) is 70.7 Å². The minimum Gasteiger partial charge on any atom is -0.494 e. The fourth-order valence-corrected chi connectivity index (χ4v) is 3.85. The molecule has 28 heavy (non-hydrogen) atoms. The van der Waals surface area contributed by atoms with Crippen molar-refractivity contribution in [1.82, 2.24) is 4.52 Å². The molecule has 1 aromatic carbocycles. The summed E-state index contributed by atoms with van der Waals surface area (Å²) in [5, 5.41) is 0. The molecule has 1 aliphatic rings. The molecule has 4 nitrogen and oxygen atoms in total. The zero-order chi connectivity index (χ0) is 19.5. The fraction of sp³-hybridized carbons (Fsp3) is 0.292. The van der Waals surface area contributed by atoms with Crippen LogP contribution in [0.5, 0.6) is 5.75 Å². The SMILES string of the molecule is CCCCOc1ccc(C=Cc2cc(C)c3c(CCN)c4[n+](n23)=CC=C4)cc1. The van der Waals surface area contributed by atoms with Crippen molar-refractivity contribution in [3.8, 4) is 5.75 Å². The molecule has 0 aliphatic carbocycles. The molecule has 0 saturated heterocycles. The number of nitrogens with zero attached hydrogens (tertiary/aromatic N) is 2. The van der Waals surface area contributed by atoms with Crippen LogP contribution in [-0.2, 0) is 6.42 Å². The van der Waals surface area contributed by atoms with Gasteiger partial charge in [-0.05, 0) is 61.7 Å². The normalized spacial score (nSPS) is 12.8. The molecule has 3 aromatic rings. The van der Waals surface area contributed by atoms with Crippen LogP contribution in [0.2, 0.25) is 0 Å². The van der Waals surface area contributed by atoms with Gasteiger partial charge < -0.3 is 10.5 Å². The molecule has 2 aromatic heterocycles. The van der Waals surface area contributed by atoms with E-state index in [1.54, 1.807) is 0 Å². The van der Waals surface area contributed by atoms with E-state index >= 15 is 0 Å². The van der Waals surface area contributed by atoms with Crippen LogP contribution in [0, 0.1) is 13.1 Å². The topological polar surface area (TPSA) is 45.6 Å². The molecule has 4 heteroatoms. The van der Waals surface area contributed by atoms with E-state index in [2.05, 4.69) is 71.4 Å². The zero-order valence-electron chi connectivity index (χ0n) is 16.7. The van der Waals surface area contributed by atoms with Gasteiger partial charge in [-0.2, -0.15) is 0 Å². The van der Waals surface area contributed by atoms with Crippen molar-refractivity contribution >= 4 is 23.7 Å². The highest BCUT2D eigenvalue weighted by atomic mass is 16.5. The van der Waals surface area contributed by atoms with Gasteiger partial charge in [0.2, 0.25) is 11.9 Å². The van der Waals surface area contributed by atoms with E-state index in [0.29, 0.717) is 6.54 Å². The van der Waals surface area contributed by atoms with E-state index in [1.807, 2.05) is 12.1 Å². The van der Waals surface area contributed by atoms with Crippen molar-refractivity contribution in [2.24, 2.45) is 5.73 Å². The Kier molecular flexibility index (Phi) is 5.31. The third kappa shape index (κ3) is 3.36. The van der Waals surface area contributed by atoms with E-state index in [4.69, 9.17) is 10.5 Å². The smallest absolute Gasteiger partial charge is 0.242 e. The van der Waals surface area contributed by atoms with Crippen LogP contribution >= 0.6 is 0 Å². The molecule has 0 bridgehead atoms. The lowest BCUT2D eigenvalue weighted by Crippen LogP contribution is -2.24. The predicted molar refractivity (Wildman–Crippen MR) is 115 cm³/mol. The fourth-order valence-electron chi connectivity index (χ4n) is 3.85. The number of hydrogen-bond donors (Lipinski definition) is 1. The average Bonchev–Trinajstić information content (AvgIpc) is 3.36. The van der Waals surface area contributed by atoms with Gasteiger partial charge in [-0.3, -0.25) is 0 Å². The summed E-state index contributed by atoms with van der Waals surface area (Å²) < 4.78 is 10.3. The Bertz CT molecular complexity index is 1090. The van der Waals surface area contributed by atoms with E-state index in [-0.39, 0.29) is 0 Å². The van der Waals surface area contributed by atoms with Crippen LogP contribution in [-0.4, -0.2) is 17.7 Å². The number of ether oxygens (including phenoxy) is 1. The van der Waals surface area contributed by atoms with Crippen LogP contribution in [0.4, 0.5) is 0 Å². The maximum absolute atomic E-state index is 5.87. The Labute approximate surface area is 166 Å². The monoisotopic (exact) mass is 374 g/mol. The Morgan fingerprint density at radius 3 is 2.75 bits per heavy atom. The van der Waals surface area contributed by atoms with Gasteiger partial charge in [-0.25, -0.2) is 0 Å². The molecule has 2 N–H and O–H groups in total. The lowest BCUT2D eigenvalue weighted by molar-refractivity contribution is -0.583. The summed E-state index contributed by atoms with van der Waals surface area (Å²) in [5.74, 6) is 0.933. The first-order valence-electron chi connectivity index (χ1n) is 10.1. The van der Waals surface area contributed by atoms with E-state index in [9.17, 15) is 0 Å². The highest BCUT2D eigenvalue weighted by Gasteiger charge is 2.26. The Morgan fingerprint density at radius 1 is 1.18 bits per heavy atom. The summed E-state index contributed by atoms with van der Waals surface area (Å²) in [7, 11) is 0. The third-order valence-corrected chi connectivity index (χ3v) is 5.22. The van der Waals surface area contributed by atoms with Gasteiger partial charge in [0.25, 0.3) is 0 Å². The molecule has 0 spiro atoms. The standard InChI is InChI=1S/C24H28N3O/c1-3-4-16-28-21-11-8-19(9-12-21)7-10-20-17-18(2)24-22(13-14-25)23-6-5-15-26(23)27(20)24/h5-12,15,17H,3-4,13-14,16,25H2,1-2H3/q+1. The van der Waals surface area contributed by atoms with Gasteiger partial charge in [0.1, 0.15) is 17.0 Å². The molecule has 144 valence electrons. The first-order chi connectivity index (χ1) is 13.7. The minimum absolute atomic E-state index is 0.656. The Morgan fingerprint density at radius 2 is 2.00 bits per heavy atom. The number of nitrogens with two attached hydrogens (primary N) is 1. The van der Waals surface area contributed by atoms with E-state index in [0.717, 1.165) is 37.2 Å². The lowest BCUT2D eigenvalue weighted by atomic mass is 10.1. The summed E-state index contributed by atoms with van der Waals surface area (Å²) in [5.41, 5.74) is 13.3. The molecule has 0 fully saturated rings. The van der Waals surface area contributed by atoms with Gasteiger partial charge >= 0.3 is 0 Å². The molecule has 3 heterocycles. The van der Waals surface area contributed by atoms with Gasteiger partial charge in [0, 0.05) is 12.2 Å². The van der Waals surface area contributed by atoms with Gasteiger partial charge in [-0.1, -0.05) is 35.9 Å². The van der Waals surface area contributed by atoms with Gasteiger partial charge in [0.15, 0.2) is 0 Å². The van der Waals surface area contributed by atoms with Crippen molar-refractivity contribution in [2.45, 2.75) is 33.1 Å². The van der Waals surface area contributed by atoms with Crippen LogP contribution in [0.25, 0.3) is 23.7 Å². The summed E-state index contributed by atoms with van der Waals surface area (Å²) >= 11 is 0. The summed E-state index contributed by atoms with van der Waals surface area (Å²) in [4.78, 5) is 0. The average molecular weight is 375 g/mol. The largest absolute Gasteiger partial charge is 0.494 e. The van der Waals surface area contributed by atoms with Crippen LogP contribution in [0.3, 0.4) is 0 Å². The predicted octanol–water partition coefficient (Wildman–Crippen LogP) is 4.14. The molecular weight excluding hydrogens is 346 g/mol. The number of aromatic nitrogens is 2. The second-order valence-corrected chi connectivity index (χ2v) is 7.27. The maximum atomic E-state index is 5.87. The molecule has 0 atom stereocenters. The van der Waals surface area contributed by atoms with Crippen molar-refractivity contribution in [2.75, 3.05) is 13.2 Å². The van der Waals surface area contributed by atoms with Crippen LogP contribution in [0.15, 0.2) is 36.4 Å². The number of benzene rings is 1. The Balaban J connectivity index is 1.63. The Hall–Kier alpha value is -2.85. The molecule has 1 aliphatic heterocycles. The quantitative estimate of drug-likeness (QED) is 0.476. The first kappa shape index (κ1) is 18.5. The molecule has 0 unspecified atom stereocenters. The highest BCUT2D eigenvalue weighted by Crippen LogP contribution is 2.25. The number of rotatable bonds is 8. The summed E-state index contributed by atoms with van der Waals surface area (Å²) in [6.45, 7) is 5.78.